The van der Waals surface area contributed by atoms with Crippen molar-refractivity contribution in [3.63, 3.8) is 0 Å². The zero-order chi connectivity index (χ0) is 13.8. The number of hydrogen-bond acceptors (Lipinski definition) is 3. The van der Waals surface area contributed by atoms with Crippen molar-refractivity contribution in [2.45, 2.75) is 26.3 Å². The number of benzene rings is 1. The second-order valence-corrected chi connectivity index (χ2v) is 4.78. The molecular weight excluding hydrogens is 262 g/mol. The van der Waals surface area contributed by atoms with Gasteiger partial charge in [0.15, 0.2) is 5.82 Å². The van der Waals surface area contributed by atoms with Gasteiger partial charge < -0.3 is 9.30 Å². The molecule has 2 rings (SSSR count). The predicted octanol–water partition coefficient (Wildman–Crippen LogP) is 2.95. The molecule has 19 heavy (non-hydrogen) atoms. The smallest absolute Gasteiger partial charge is 0.164 e. The van der Waals surface area contributed by atoms with Crippen LogP contribution >= 0.6 is 11.6 Å². The number of aromatic nitrogens is 3. The molecule has 0 unspecified atom stereocenters. The molecule has 0 saturated heterocycles. The molecule has 0 aliphatic rings. The van der Waals surface area contributed by atoms with Crippen LogP contribution in [0.4, 0.5) is 0 Å². The molecule has 4 nitrogen and oxygen atoms in total. The lowest BCUT2D eigenvalue weighted by Gasteiger charge is -2.10. The summed E-state index contributed by atoms with van der Waals surface area (Å²) in [4.78, 5) is 0. The molecule has 102 valence electrons. The molecule has 2 aromatic rings. The van der Waals surface area contributed by atoms with Crippen molar-refractivity contribution in [1.29, 1.82) is 0 Å². The van der Waals surface area contributed by atoms with Gasteiger partial charge in [-0.3, -0.25) is 0 Å². The van der Waals surface area contributed by atoms with Gasteiger partial charge in [0.2, 0.25) is 0 Å². The minimum atomic E-state index is 0.349. The standard InChI is InChI=1S/C14H18ClN3O/c1-10-4-5-12(8-11(10)2)14-17-16-13(9-15)18(14)6-7-19-3/h4-5,8H,6-7,9H2,1-3H3. The van der Waals surface area contributed by atoms with Gasteiger partial charge in [-0.2, -0.15) is 0 Å². The molecule has 1 aromatic heterocycles. The van der Waals surface area contributed by atoms with Crippen LogP contribution in [0.25, 0.3) is 11.4 Å². The molecule has 0 saturated carbocycles. The van der Waals surface area contributed by atoms with E-state index in [-0.39, 0.29) is 0 Å². The SMILES string of the molecule is COCCn1c(CCl)nnc1-c1ccc(C)c(C)c1. The Kier molecular flexibility index (Phi) is 4.56. The Hall–Kier alpha value is -1.39. The zero-order valence-electron chi connectivity index (χ0n) is 11.5. The number of methoxy groups -OCH3 is 1. The van der Waals surface area contributed by atoms with Crippen molar-refractivity contribution in [1.82, 2.24) is 14.8 Å². The molecule has 0 N–H and O–H groups in total. The Morgan fingerprint density at radius 3 is 2.63 bits per heavy atom. The Balaban J connectivity index is 2.42. The topological polar surface area (TPSA) is 39.9 Å². The number of halogens is 1. The summed E-state index contributed by atoms with van der Waals surface area (Å²) in [5, 5.41) is 8.40. The lowest BCUT2D eigenvalue weighted by Crippen LogP contribution is -2.09. The Labute approximate surface area is 118 Å². The first-order valence-electron chi connectivity index (χ1n) is 6.22. The number of hydrogen-bond donors (Lipinski definition) is 0. The molecule has 0 amide bonds. The molecule has 1 heterocycles. The van der Waals surface area contributed by atoms with E-state index < -0.39 is 0 Å². The first kappa shape index (κ1) is 14.0. The highest BCUT2D eigenvalue weighted by molar-refractivity contribution is 6.16. The lowest BCUT2D eigenvalue weighted by molar-refractivity contribution is 0.187. The molecule has 0 radical (unpaired) electrons. The van der Waals surface area contributed by atoms with E-state index in [0.29, 0.717) is 19.0 Å². The Morgan fingerprint density at radius 1 is 1.21 bits per heavy atom. The monoisotopic (exact) mass is 279 g/mol. The average Bonchev–Trinajstić information content (AvgIpc) is 2.82. The van der Waals surface area contributed by atoms with E-state index in [4.69, 9.17) is 16.3 Å². The van der Waals surface area contributed by atoms with Gasteiger partial charge in [0.25, 0.3) is 0 Å². The van der Waals surface area contributed by atoms with Gasteiger partial charge in [0, 0.05) is 19.2 Å². The van der Waals surface area contributed by atoms with E-state index in [1.807, 2.05) is 4.57 Å². The number of aryl methyl sites for hydroxylation is 2. The lowest BCUT2D eigenvalue weighted by atomic mass is 10.1. The van der Waals surface area contributed by atoms with Crippen molar-refractivity contribution >= 4 is 11.6 Å². The maximum Gasteiger partial charge on any atom is 0.164 e. The molecule has 0 aliphatic carbocycles. The van der Waals surface area contributed by atoms with E-state index >= 15 is 0 Å². The highest BCUT2D eigenvalue weighted by atomic mass is 35.5. The van der Waals surface area contributed by atoms with Crippen LogP contribution in [-0.4, -0.2) is 28.5 Å². The highest BCUT2D eigenvalue weighted by Crippen LogP contribution is 2.22. The van der Waals surface area contributed by atoms with Gasteiger partial charge >= 0.3 is 0 Å². The molecule has 0 bridgehead atoms. The fourth-order valence-corrected chi connectivity index (χ4v) is 2.14. The van der Waals surface area contributed by atoms with Crippen LogP contribution in [0.5, 0.6) is 0 Å². The Morgan fingerprint density at radius 2 is 2.00 bits per heavy atom. The van der Waals surface area contributed by atoms with Crippen LogP contribution in [-0.2, 0) is 17.2 Å². The third kappa shape index (κ3) is 2.96. The van der Waals surface area contributed by atoms with Crippen molar-refractivity contribution < 1.29 is 4.74 Å². The van der Waals surface area contributed by atoms with Crippen LogP contribution in [0, 0.1) is 13.8 Å². The molecular formula is C14H18ClN3O. The first-order chi connectivity index (χ1) is 9.17. The third-order valence-corrected chi connectivity index (χ3v) is 3.47. The largest absolute Gasteiger partial charge is 0.383 e. The number of rotatable bonds is 5. The van der Waals surface area contributed by atoms with Crippen molar-refractivity contribution in [2.75, 3.05) is 13.7 Å². The highest BCUT2D eigenvalue weighted by Gasteiger charge is 2.13. The minimum absolute atomic E-state index is 0.349. The summed E-state index contributed by atoms with van der Waals surface area (Å²) < 4.78 is 7.14. The quantitative estimate of drug-likeness (QED) is 0.790. The minimum Gasteiger partial charge on any atom is -0.383 e. The summed E-state index contributed by atoms with van der Waals surface area (Å²) in [5.74, 6) is 1.96. The first-order valence-corrected chi connectivity index (χ1v) is 6.75. The van der Waals surface area contributed by atoms with Gasteiger partial charge in [-0.1, -0.05) is 12.1 Å². The maximum atomic E-state index is 5.90. The Bertz CT molecular complexity index is 566. The van der Waals surface area contributed by atoms with Crippen molar-refractivity contribution in [2.24, 2.45) is 0 Å². The molecule has 0 fully saturated rings. The summed E-state index contributed by atoms with van der Waals surface area (Å²) in [6.07, 6.45) is 0. The molecule has 0 aliphatic heterocycles. The summed E-state index contributed by atoms with van der Waals surface area (Å²) in [6.45, 7) is 5.50. The molecule has 1 aromatic carbocycles. The van der Waals surface area contributed by atoms with Crippen LogP contribution in [0.3, 0.4) is 0 Å². The third-order valence-electron chi connectivity index (χ3n) is 3.23. The normalized spacial score (nSPS) is 10.9. The maximum absolute atomic E-state index is 5.90. The van der Waals surface area contributed by atoms with E-state index in [1.54, 1.807) is 7.11 Å². The number of ether oxygens (including phenoxy) is 1. The van der Waals surface area contributed by atoms with Crippen LogP contribution in [0.1, 0.15) is 17.0 Å². The predicted molar refractivity (Wildman–Crippen MR) is 76.4 cm³/mol. The van der Waals surface area contributed by atoms with E-state index in [9.17, 15) is 0 Å². The van der Waals surface area contributed by atoms with Gasteiger partial charge in [0.1, 0.15) is 5.82 Å². The fraction of sp³-hybridized carbons (Fsp3) is 0.429. The van der Waals surface area contributed by atoms with Crippen molar-refractivity contribution in [3.05, 3.63) is 35.2 Å². The molecule has 0 atom stereocenters. The second-order valence-electron chi connectivity index (χ2n) is 4.52. The summed E-state index contributed by atoms with van der Waals surface area (Å²) in [5.41, 5.74) is 3.57. The van der Waals surface area contributed by atoms with Gasteiger partial charge in [-0.05, 0) is 31.0 Å². The number of alkyl halides is 1. The molecule has 0 spiro atoms. The fourth-order valence-electron chi connectivity index (χ4n) is 1.95. The summed E-state index contributed by atoms with van der Waals surface area (Å²) in [7, 11) is 1.68. The number of nitrogens with zero attached hydrogens (tertiary/aromatic N) is 3. The molecule has 5 heteroatoms. The summed E-state index contributed by atoms with van der Waals surface area (Å²) in [6, 6.07) is 6.29. The van der Waals surface area contributed by atoms with Crippen molar-refractivity contribution in [3.8, 4) is 11.4 Å². The van der Waals surface area contributed by atoms with E-state index in [2.05, 4.69) is 42.2 Å². The zero-order valence-corrected chi connectivity index (χ0v) is 12.2. The van der Waals surface area contributed by atoms with Gasteiger partial charge in [-0.15, -0.1) is 21.8 Å². The van der Waals surface area contributed by atoms with Crippen LogP contribution < -0.4 is 0 Å². The van der Waals surface area contributed by atoms with Gasteiger partial charge in [-0.25, -0.2) is 0 Å². The van der Waals surface area contributed by atoms with E-state index in [0.717, 1.165) is 17.2 Å². The second kappa shape index (κ2) is 6.17. The van der Waals surface area contributed by atoms with Gasteiger partial charge in [0.05, 0.1) is 12.5 Å². The average molecular weight is 280 g/mol. The van der Waals surface area contributed by atoms with Crippen LogP contribution in [0.15, 0.2) is 18.2 Å². The summed E-state index contributed by atoms with van der Waals surface area (Å²) >= 11 is 5.90. The van der Waals surface area contributed by atoms with E-state index in [1.165, 1.54) is 11.1 Å². The van der Waals surface area contributed by atoms with Crippen LogP contribution in [0.2, 0.25) is 0 Å².